The summed E-state index contributed by atoms with van der Waals surface area (Å²) in [5.41, 5.74) is 7.63. The van der Waals surface area contributed by atoms with Gasteiger partial charge in [-0.15, -0.1) is 5.10 Å². The summed E-state index contributed by atoms with van der Waals surface area (Å²) in [6, 6.07) is 7.87. The fourth-order valence-electron chi connectivity index (χ4n) is 1.41. The van der Waals surface area contributed by atoms with Crippen molar-refractivity contribution in [3.8, 4) is 0 Å². The van der Waals surface area contributed by atoms with E-state index in [-0.39, 0.29) is 0 Å². The molecule has 0 radical (unpaired) electrons. The van der Waals surface area contributed by atoms with Gasteiger partial charge in [0.1, 0.15) is 0 Å². The number of nitrogens with zero attached hydrogens (tertiary/aromatic N) is 3. The Morgan fingerprint density at radius 1 is 1.25 bits per heavy atom. The summed E-state index contributed by atoms with van der Waals surface area (Å²) in [6.07, 6.45) is 3.53. The molecule has 3 N–H and O–H groups in total. The number of benzene rings is 1. The van der Waals surface area contributed by atoms with Crippen molar-refractivity contribution >= 4 is 5.69 Å². The third-order valence-electron chi connectivity index (χ3n) is 2.30. The zero-order valence-electron chi connectivity index (χ0n) is 9.00. The number of nitrogens with two attached hydrogens (primary N) is 1. The van der Waals surface area contributed by atoms with E-state index in [2.05, 4.69) is 15.6 Å². The van der Waals surface area contributed by atoms with Crippen LogP contribution in [0.2, 0.25) is 0 Å². The molecule has 0 aliphatic heterocycles. The van der Waals surface area contributed by atoms with Gasteiger partial charge in [-0.2, -0.15) is 0 Å². The van der Waals surface area contributed by atoms with E-state index in [1.54, 1.807) is 10.9 Å². The highest BCUT2D eigenvalue weighted by Crippen LogP contribution is 2.04. The standard InChI is InChI=1S/C11H15N5/c12-11-3-1-10(2-4-11)9-13-5-7-16-8-6-14-15-16/h1-4,6,8,13H,5,7,9,12H2. The molecule has 0 amide bonds. The maximum atomic E-state index is 5.61. The van der Waals surface area contributed by atoms with Crippen LogP contribution >= 0.6 is 0 Å². The largest absolute Gasteiger partial charge is 0.399 e. The Balaban J connectivity index is 1.70. The SMILES string of the molecule is Nc1ccc(CNCCn2ccnn2)cc1. The van der Waals surface area contributed by atoms with Crippen molar-refractivity contribution in [1.29, 1.82) is 0 Å². The van der Waals surface area contributed by atoms with Gasteiger partial charge < -0.3 is 11.1 Å². The normalized spacial score (nSPS) is 10.5. The van der Waals surface area contributed by atoms with Crippen LogP contribution in [0.25, 0.3) is 0 Å². The average Bonchev–Trinajstić information content (AvgIpc) is 2.80. The Hall–Kier alpha value is -1.88. The van der Waals surface area contributed by atoms with Crippen LogP contribution in [0.3, 0.4) is 0 Å². The fraction of sp³-hybridized carbons (Fsp3) is 0.273. The number of nitrogens with one attached hydrogen (secondary N) is 1. The quantitative estimate of drug-likeness (QED) is 0.570. The molecular weight excluding hydrogens is 202 g/mol. The van der Waals surface area contributed by atoms with Gasteiger partial charge in [0.2, 0.25) is 0 Å². The van der Waals surface area contributed by atoms with E-state index in [0.717, 1.165) is 25.3 Å². The lowest BCUT2D eigenvalue weighted by atomic mass is 10.2. The zero-order valence-corrected chi connectivity index (χ0v) is 9.00. The van der Waals surface area contributed by atoms with Crippen LogP contribution in [0.4, 0.5) is 5.69 Å². The molecule has 0 bridgehead atoms. The van der Waals surface area contributed by atoms with E-state index in [1.807, 2.05) is 30.5 Å². The van der Waals surface area contributed by atoms with Crippen molar-refractivity contribution in [3.05, 3.63) is 42.2 Å². The summed E-state index contributed by atoms with van der Waals surface area (Å²) >= 11 is 0. The predicted octanol–water partition coefficient (Wildman–Crippen LogP) is 0.650. The van der Waals surface area contributed by atoms with Crippen LogP contribution in [0, 0.1) is 0 Å². The second-order valence-corrected chi connectivity index (χ2v) is 3.58. The highest BCUT2D eigenvalue weighted by Gasteiger charge is 1.93. The molecule has 0 saturated heterocycles. The molecule has 0 fully saturated rings. The Labute approximate surface area is 94.3 Å². The lowest BCUT2D eigenvalue weighted by Crippen LogP contribution is -2.19. The van der Waals surface area contributed by atoms with Crippen LogP contribution < -0.4 is 11.1 Å². The van der Waals surface area contributed by atoms with Crippen molar-refractivity contribution < 1.29 is 0 Å². The molecule has 0 unspecified atom stereocenters. The molecule has 0 atom stereocenters. The minimum atomic E-state index is 0.798. The molecule has 2 aromatic rings. The first-order valence-corrected chi connectivity index (χ1v) is 5.24. The molecule has 16 heavy (non-hydrogen) atoms. The van der Waals surface area contributed by atoms with Gasteiger partial charge in [0.05, 0.1) is 12.7 Å². The van der Waals surface area contributed by atoms with E-state index in [4.69, 9.17) is 5.73 Å². The minimum Gasteiger partial charge on any atom is -0.399 e. The van der Waals surface area contributed by atoms with Crippen molar-refractivity contribution in [2.75, 3.05) is 12.3 Å². The van der Waals surface area contributed by atoms with Crippen molar-refractivity contribution in [1.82, 2.24) is 20.3 Å². The molecule has 5 nitrogen and oxygen atoms in total. The summed E-state index contributed by atoms with van der Waals surface area (Å²) in [6.45, 7) is 2.54. The number of rotatable bonds is 5. The fourth-order valence-corrected chi connectivity index (χ4v) is 1.41. The molecule has 5 heteroatoms. The Morgan fingerprint density at radius 3 is 2.75 bits per heavy atom. The molecule has 0 aliphatic rings. The van der Waals surface area contributed by atoms with Gasteiger partial charge in [-0.05, 0) is 17.7 Å². The van der Waals surface area contributed by atoms with Crippen LogP contribution in [0.15, 0.2) is 36.7 Å². The zero-order chi connectivity index (χ0) is 11.2. The molecule has 84 valence electrons. The average molecular weight is 217 g/mol. The topological polar surface area (TPSA) is 68.8 Å². The highest BCUT2D eigenvalue weighted by atomic mass is 15.4. The van der Waals surface area contributed by atoms with Crippen LogP contribution in [0.5, 0.6) is 0 Å². The van der Waals surface area contributed by atoms with Crippen molar-refractivity contribution in [2.24, 2.45) is 0 Å². The second-order valence-electron chi connectivity index (χ2n) is 3.58. The van der Waals surface area contributed by atoms with E-state index in [1.165, 1.54) is 5.56 Å². The molecule has 1 aromatic carbocycles. The first kappa shape index (κ1) is 10.6. The number of hydrogen-bond acceptors (Lipinski definition) is 4. The monoisotopic (exact) mass is 217 g/mol. The molecule has 1 aromatic heterocycles. The molecule has 0 aliphatic carbocycles. The summed E-state index contributed by atoms with van der Waals surface area (Å²) in [5, 5.41) is 11.0. The lowest BCUT2D eigenvalue weighted by Gasteiger charge is -2.05. The van der Waals surface area contributed by atoms with Crippen molar-refractivity contribution in [3.63, 3.8) is 0 Å². The van der Waals surface area contributed by atoms with E-state index < -0.39 is 0 Å². The lowest BCUT2D eigenvalue weighted by molar-refractivity contribution is 0.540. The van der Waals surface area contributed by atoms with Crippen molar-refractivity contribution in [2.45, 2.75) is 13.1 Å². The minimum absolute atomic E-state index is 0.798. The Morgan fingerprint density at radius 2 is 2.06 bits per heavy atom. The number of nitrogen functional groups attached to an aromatic ring is 1. The van der Waals surface area contributed by atoms with E-state index in [0.29, 0.717) is 0 Å². The van der Waals surface area contributed by atoms with Gasteiger partial charge in [0, 0.05) is 25.0 Å². The summed E-state index contributed by atoms with van der Waals surface area (Å²) in [7, 11) is 0. The van der Waals surface area contributed by atoms with E-state index >= 15 is 0 Å². The van der Waals surface area contributed by atoms with Gasteiger partial charge in [-0.3, -0.25) is 4.68 Å². The van der Waals surface area contributed by atoms with Gasteiger partial charge in [-0.25, -0.2) is 0 Å². The van der Waals surface area contributed by atoms with Gasteiger partial charge in [0.25, 0.3) is 0 Å². The first-order chi connectivity index (χ1) is 7.84. The molecule has 0 spiro atoms. The van der Waals surface area contributed by atoms with Gasteiger partial charge in [0.15, 0.2) is 0 Å². The molecular formula is C11H15N5. The van der Waals surface area contributed by atoms with Crippen LogP contribution in [-0.2, 0) is 13.1 Å². The third-order valence-corrected chi connectivity index (χ3v) is 2.30. The van der Waals surface area contributed by atoms with Gasteiger partial charge >= 0.3 is 0 Å². The summed E-state index contributed by atoms with van der Waals surface area (Å²) in [5.74, 6) is 0. The maximum Gasteiger partial charge on any atom is 0.0692 e. The number of aromatic nitrogens is 3. The summed E-state index contributed by atoms with van der Waals surface area (Å²) in [4.78, 5) is 0. The number of hydrogen-bond donors (Lipinski definition) is 2. The maximum absolute atomic E-state index is 5.61. The summed E-state index contributed by atoms with van der Waals surface area (Å²) < 4.78 is 1.80. The van der Waals surface area contributed by atoms with Crippen LogP contribution in [0.1, 0.15) is 5.56 Å². The third kappa shape index (κ3) is 3.06. The van der Waals surface area contributed by atoms with Gasteiger partial charge in [-0.1, -0.05) is 17.3 Å². The predicted molar refractivity (Wildman–Crippen MR) is 62.6 cm³/mol. The van der Waals surface area contributed by atoms with E-state index in [9.17, 15) is 0 Å². The second kappa shape index (κ2) is 5.27. The van der Waals surface area contributed by atoms with Crippen LogP contribution in [-0.4, -0.2) is 21.5 Å². The molecule has 1 heterocycles. The smallest absolute Gasteiger partial charge is 0.0692 e. The molecule has 0 saturated carbocycles. The Bertz CT molecular complexity index is 406. The number of anilines is 1. The Kier molecular flexibility index (Phi) is 3.50. The molecule has 2 rings (SSSR count). The first-order valence-electron chi connectivity index (χ1n) is 5.24. The highest BCUT2D eigenvalue weighted by molar-refractivity contribution is 5.39.